The van der Waals surface area contributed by atoms with Crippen LogP contribution in [0.5, 0.6) is 0 Å². The molecule has 3 unspecified atom stereocenters. The van der Waals surface area contributed by atoms with E-state index in [1.807, 2.05) is 0 Å². The molecule has 1 fully saturated rings. The van der Waals surface area contributed by atoms with Crippen molar-refractivity contribution in [2.45, 2.75) is 39.2 Å². The second-order valence-corrected chi connectivity index (χ2v) is 5.32. The average molecular weight is 247 g/mol. The van der Waals surface area contributed by atoms with E-state index in [2.05, 4.69) is 24.1 Å². The topological polar surface area (TPSA) is 68.0 Å². The van der Waals surface area contributed by atoms with E-state index in [1.54, 1.807) is 12.1 Å². The fraction of sp³-hybridized carbons (Fsp3) is 0.571. The Hall–Kier alpha value is -1.58. The molecule has 1 saturated carbocycles. The third-order valence-electron chi connectivity index (χ3n) is 4.07. The Morgan fingerprint density at radius 2 is 2.17 bits per heavy atom. The van der Waals surface area contributed by atoms with Crippen LogP contribution in [0.25, 0.3) is 0 Å². The van der Waals surface area contributed by atoms with Crippen LogP contribution in [-0.2, 0) is 0 Å². The highest BCUT2D eigenvalue weighted by molar-refractivity contribution is 5.94. The van der Waals surface area contributed by atoms with Gasteiger partial charge in [-0.2, -0.15) is 0 Å². The zero-order chi connectivity index (χ0) is 13.1. The molecular formula is C14H21N3O. The maximum Gasteiger partial charge on any atom is 0.253 e. The van der Waals surface area contributed by atoms with Gasteiger partial charge in [0.25, 0.3) is 5.91 Å². The van der Waals surface area contributed by atoms with Gasteiger partial charge in [-0.3, -0.25) is 4.79 Å². The van der Waals surface area contributed by atoms with Gasteiger partial charge in [0.2, 0.25) is 0 Å². The number of rotatable bonds is 2. The lowest BCUT2D eigenvalue weighted by atomic mass is 9.78. The minimum absolute atomic E-state index is 0.0477. The summed E-state index contributed by atoms with van der Waals surface area (Å²) < 4.78 is 0. The highest BCUT2D eigenvalue weighted by atomic mass is 16.1. The Morgan fingerprint density at radius 1 is 1.39 bits per heavy atom. The predicted molar refractivity (Wildman–Crippen MR) is 72.1 cm³/mol. The van der Waals surface area contributed by atoms with E-state index in [0.717, 1.165) is 6.42 Å². The first-order chi connectivity index (χ1) is 8.58. The van der Waals surface area contributed by atoms with Gasteiger partial charge in [-0.1, -0.05) is 26.7 Å². The van der Waals surface area contributed by atoms with E-state index in [4.69, 9.17) is 5.73 Å². The van der Waals surface area contributed by atoms with Crippen LogP contribution >= 0.6 is 0 Å². The zero-order valence-electron chi connectivity index (χ0n) is 11.0. The Balaban J connectivity index is 2.00. The van der Waals surface area contributed by atoms with Crippen molar-refractivity contribution in [3.8, 4) is 0 Å². The lowest BCUT2D eigenvalue weighted by Gasteiger charge is -2.34. The standard InChI is InChI=1S/C14H21N3O/c1-9-4-3-5-12(10(9)2)17-14(18)11-6-7-13(15)16-8-11/h6-10,12H,3-5H2,1-2H3,(H2,15,16)(H,17,18). The van der Waals surface area contributed by atoms with Crippen LogP contribution in [0.3, 0.4) is 0 Å². The van der Waals surface area contributed by atoms with Crippen molar-refractivity contribution in [2.75, 3.05) is 5.73 Å². The molecule has 0 radical (unpaired) electrons. The molecule has 0 aliphatic heterocycles. The van der Waals surface area contributed by atoms with Crippen LogP contribution in [-0.4, -0.2) is 16.9 Å². The molecule has 3 atom stereocenters. The third-order valence-corrected chi connectivity index (χ3v) is 4.07. The second-order valence-electron chi connectivity index (χ2n) is 5.32. The fourth-order valence-electron chi connectivity index (χ4n) is 2.58. The number of nitrogens with one attached hydrogen (secondary N) is 1. The summed E-state index contributed by atoms with van der Waals surface area (Å²) in [6.45, 7) is 4.48. The van der Waals surface area contributed by atoms with E-state index >= 15 is 0 Å². The van der Waals surface area contributed by atoms with Crippen LogP contribution in [0, 0.1) is 11.8 Å². The summed E-state index contributed by atoms with van der Waals surface area (Å²) in [6, 6.07) is 3.65. The number of nitrogen functional groups attached to an aromatic ring is 1. The number of hydrogen-bond donors (Lipinski definition) is 2. The normalized spacial score (nSPS) is 27.8. The predicted octanol–water partition coefficient (Wildman–Crippen LogP) is 2.22. The first-order valence-electron chi connectivity index (χ1n) is 6.60. The zero-order valence-corrected chi connectivity index (χ0v) is 11.0. The number of hydrogen-bond acceptors (Lipinski definition) is 3. The summed E-state index contributed by atoms with van der Waals surface area (Å²) in [5, 5.41) is 3.12. The Morgan fingerprint density at radius 3 is 2.83 bits per heavy atom. The molecular weight excluding hydrogens is 226 g/mol. The molecule has 1 amide bonds. The summed E-state index contributed by atoms with van der Waals surface area (Å²) in [4.78, 5) is 16.0. The van der Waals surface area contributed by atoms with Crippen LogP contribution in [0.15, 0.2) is 18.3 Å². The maximum atomic E-state index is 12.1. The van der Waals surface area contributed by atoms with Gasteiger partial charge in [0.15, 0.2) is 0 Å². The molecule has 4 heteroatoms. The SMILES string of the molecule is CC1CCCC(NC(=O)c2ccc(N)nc2)C1C. The van der Waals surface area contributed by atoms with Gasteiger partial charge in [0.05, 0.1) is 5.56 Å². The van der Waals surface area contributed by atoms with Crippen LogP contribution in [0.4, 0.5) is 5.82 Å². The molecule has 2 rings (SSSR count). The van der Waals surface area contributed by atoms with Gasteiger partial charge in [0, 0.05) is 12.2 Å². The lowest BCUT2D eigenvalue weighted by Crippen LogP contribution is -2.43. The summed E-state index contributed by atoms with van der Waals surface area (Å²) in [5.74, 6) is 1.60. The Kier molecular flexibility index (Phi) is 3.84. The fourth-order valence-corrected chi connectivity index (χ4v) is 2.58. The molecule has 3 N–H and O–H groups in total. The smallest absolute Gasteiger partial charge is 0.253 e. The molecule has 0 bridgehead atoms. The molecule has 4 nitrogen and oxygen atoms in total. The number of carbonyl (C=O) groups excluding carboxylic acids is 1. The highest BCUT2D eigenvalue weighted by Gasteiger charge is 2.28. The van der Waals surface area contributed by atoms with Crippen LogP contribution in [0.1, 0.15) is 43.5 Å². The van der Waals surface area contributed by atoms with Crippen molar-refractivity contribution >= 4 is 11.7 Å². The van der Waals surface area contributed by atoms with Crippen molar-refractivity contribution in [1.29, 1.82) is 0 Å². The molecule has 0 aromatic carbocycles. The Labute approximate surface area is 108 Å². The molecule has 1 aliphatic rings. The summed E-state index contributed by atoms with van der Waals surface area (Å²) in [5.41, 5.74) is 6.09. The first-order valence-corrected chi connectivity index (χ1v) is 6.60. The minimum atomic E-state index is -0.0477. The molecule has 1 aromatic rings. The molecule has 98 valence electrons. The largest absolute Gasteiger partial charge is 0.384 e. The molecule has 0 spiro atoms. The summed E-state index contributed by atoms with van der Waals surface area (Å²) >= 11 is 0. The van der Waals surface area contributed by atoms with Gasteiger partial charge in [-0.25, -0.2) is 4.98 Å². The van der Waals surface area contributed by atoms with E-state index in [0.29, 0.717) is 23.2 Å². The number of anilines is 1. The second kappa shape index (κ2) is 5.38. The van der Waals surface area contributed by atoms with Gasteiger partial charge in [-0.05, 0) is 30.4 Å². The Bertz CT molecular complexity index is 416. The average Bonchev–Trinajstić information content (AvgIpc) is 2.36. The number of aromatic nitrogens is 1. The van der Waals surface area contributed by atoms with Crippen molar-refractivity contribution < 1.29 is 4.79 Å². The molecule has 1 aromatic heterocycles. The highest BCUT2D eigenvalue weighted by Crippen LogP contribution is 2.29. The molecule has 18 heavy (non-hydrogen) atoms. The number of nitrogens with zero attached hydrogens (tertiary/aromatic N) is 1. The molecule has 1 aliphatic carbocycles. The monoisotopic (exact) mass is 247 g/mol. The van der Waals surface area contributed by atoms with E-state index in [9.17, 15) is 4.79 Å². The van der Waals surface area contributed by atoms with E-state index in [-0.39, 0.29) is 11.9 Å². The third kappa shape index (κ3) is 2.81. The minimum Gasteiger partial charge on any atom is -0.384 e. The first kappa shape index (κ1) is 12.9. The van der Waals surface area contributed by atoms with Crippen molar-refractivity contribution in [3.63, 3.8) is 0 Å². The van der Waals surface area contributed by atoms with E-state index in [1.165, 1.54) is 19.0 Å². The lowest BCUT2D eigenvalue weighted by molar-refractivity contribution is 0.0891. The van der Waals surface area contributed by atoms with Gasteiger partial charge in [0.1, 0.15) is 5.82 Å². The van der Waals surface area contributed by atoms with Gasteiger partial charge < -0.3 is 11.1 Å². The van der Waals surface area contributed by atoms with Crippen LogP contribution in [0.2, 0.25) is 0 Å². The number of carbonyl (C=O) groups is 1. The van der Waals surface area contributed by atoms with Gasteiger partial charge in [-0.15, -0.1) is 0 Å². The summed E-state index contributed by atoms with van der Waals surface area (Å²) in [6.07, 6.45) is 5.05. The van der Waals surface area contributed by atoms with Crippen LogP contribution < -0.4 is 11.1 Å². The summed E-state index contributed by atoms with van der Waals surface area (Å²) in [7, 11) is 0. The van der Waals surface area contributed by atoms with Gasteiger partial charge >= 0.3 is 0 Å². The quantitative estimate of drug-likeness (QED) is 0.842. The molecule has 1 heterocycles. The van der Waals surface area contributed by atoms with Crippen molar-refractivity contribution in [3.05, 3.63) is 23.9 Å². The number of amides is 1. The van der Waals surface area contributed by atoms with Crippen molar-refractivity contribution in [1.82, 2.24) is 10.3 Å². The number of pyridine rings is 1. The maximum absolute atomic E-state index is 12.1. The number of nitrogens with two attached hydrogens (primary N) is 1. The van der Waals surface area contributed by atoms with E-state index < -0.39 is 0 Å². The van der Waals surface area contributed by atoms with Crippen molar-refractivity contribution in [2.24, 2.45) is 11.8 Å². The molecule has 0 saturated heterocycles.